The maximum absolute atomic E-state index is 11.1. The van der Waals surface area contributed by atoms with E-state index in [4.69, 9.17) is 9.15 Å². The number of esters is 1. The van der Waals surface area contributed by atoms with Gasteiger partial charge in [-0.05, 0) is 19.1 Å². The van der Waals surface area contributed by atoms with Crippen LogP contribution in [0.4, 0.5) is 0 Å². The molecule has 84 valence electrons. The zero-order valence-corrected chi connectivity index (χ0v) is 9.49. The third-order valence-corrected chi connectivity index (χ3v) is 2.57. The average Bonchev–Trinajstić information content (AvgIpc) is 2.69. The molecule has 0 unspecified atom stereocenters. The predicted octanol–water partition coefficient (Wildman–Crippen LogP) is 1.88. The fourth-order valence-corrected chi connectivity index (χ4v) is 1.76. The molecular weight excluding hydrogens is 228 g/mol. The van der Waals surface area contributed by atoms with Gasteiger partial charge in [-0.3, -0.25) is 4.79 Å². The van der Waals surface area contributed by atoms with Crippen LogP contribution in [-0.4, -0.2) is 28.3 Å². The van der Waals surface area contributed by atoms with E-state index in [0.29, 0.717) is 23.1 Å². The Kier molecular flexibility index (Phi) is 3.40. The van der Waals surface area contributed by atoms with Gasteiger partial charge >= 0.3 is 5.97 Å². The predicted molar refractivity (Wildman–Crippen MR) is 59.2 cm³/mol. The van der Waals surface area contributed by atoms with Crippen LogP contribution in [0.2, 0.25) is 0 Å². The number of nitrogens with zero attached hydrogens (tertiary/aromatic N) is 2. The van der Waals surface area contributed by atoms with Gasteiger partial charge in [-0.2, -0.15) is 4.98 Å². The van der Waals surface area contributed by atoms with E-state index in [1.165, 1.54) is 11.8 Å². The van der Waals surface area contributed by atoms with E-state index in [9.17, 15) is 4.79 Å². The second-order valence-electron chi connectivity index (χ2n) is 2.90. The van der Waals surface area contributed by atoms with Crippen LogP contribution >= 0.6 is 11.8 Å². The molecule has 0 bridgehead atoms. The lowest BCUT2D eigenvalue weighted by atomic mass is 10.5. The molecule has 0 N–H and O–H groups in total. The number of pyridine rings is 1. The van der Waals surface area contributed by atoms with Gasteiger partial charge in [-0.1, -0.05) is 11.8 Å². The van der Waals surface area contributed by atoms with Gasteiger partial charge in [0.1, 0.15) is 5.75 Å². The standard InChI is InChI=1S/C10H10N2O3S/c1-2-14-8(13)6-16-10-12-9-7(15-10)4-3-5-11-9/h3-5H,2,6H2,1H3. The summed E-state index contributed by atoms with van der Waals surface area (Å²) < 4.78 is 10.2. The van der Waals surface area contributed by atoms with Crippen LogP contribution in [0, 0.1) is 0 Å². The number of aromatic nitrogens is 2. The van der Waals surface area contributed by atoms with E-state index in [2.05, 4.69) is 9.97 Å². The second kappa shape index (κ2) is 4.98. The minimum atomic E-state index is -0.275. The summed E-state index contributed by atoms with van der Waals surface area (Å²) in [7, 11) is 0. The SMILES string of the molecule is CCOC(=O)CSc1nc2ncccc2o1. The van der Waals surface area contributed by atoms with Crippen LogP contribution in [0.15, 0.2) is 28.0 Å². The quantitative estimate of drug-likeness (QED) is 0.598. The zero-order chi connectivity index (χ0) is 11.4. The number of fused-ring (bicyclic) bond motifs is 1. The van der Waals surface area contributed by atoms with Crippen molar-refractivity contribution in [2.75, 3.05) is 12.4 Å². The molecule has 0 fully saturated rings. The van der Waals surface area contributed by atoms with Gasteiger partial charge in [0, 0.05) is 6.20 Å². The largest absolute Gasteiger partial charge is 0.465 e. The Bertz CT molecular complexity index is 465. The number of carbonyl (C=O) groups is 1. The van der Waals surface area contributed by atoms with E-state index in [-0.39, 0.29) is 11.7 Å². The van der Waals surface area contributed by atoms with Crippen LogP contribution in [0.1, 0.15) is 6.92 Å². The third kappa shape index (κ3) is 2.52. The Morgan fingerprint density at radius 1 is 1.62 bits per heavy atom. The Labute approximate surface area is 96.2 Å². The highest BCUT2D eigenvalue weighted by Gasteiger charge is 2.09. The minimum Gasteiger partial charge on any atom is -0.465 e. The van der Waals surface area contributed by atoms with E-state index in [0.717, 1.165) is 0 Å². The molecule has 16 heavy (non-hydrogen) atoms. The number of ether oxygens (including phenoxy) is 1. The van der Waals surface area contributed by atoms with Crippen molar-refractivity contribution in [2.45, 2.75) is 12.1 Å². The molecule has 2 aromatic heterocycles. The van der Waals surface area contributed by atoms with Crippen molar-refractivity contribution in [2.24, 2.45) is 0 Å². The molecule has 0 aliphatic rings. The normalized spacial score (nSPS) is 10.6. The molecule has 2 heterocycles. The minimum absolute atomic E-state index is 0.195. The van der Waals surface area contributed by atoms with Crippen molar-refractivity contribution in [3.8, 4) is 0 Å². The lowest BCUT2D eigenvalue weighted by Crippen LogP contribution is -2.06. The van der Waals surface area contributed by atoms with Crippen LogP contribution in [0.5, 0.6) is 0 Å². The molecule has 0 saturated carbocycles. The van der Waals surface area contributed by atoms with Gasteiger partial charge in [-0.15, -0.1) is 0 Å². The topological polar surface area (TPSA) is 65.2 Å². The van der Waals surface area contributed by atoms with E-state index < -0.39 is 0 Å². The molecule has 0 aromatic carbocycles. The van der Waals surface area contributed by atoms with Gasteiger partial charge in [0.05, 0.1) is 6.61 Å². The fraction of sp³-hybridized carbons (Fsp3) is 0.300. The molecule has 0 aliphatic heterocycles. The smallest absolute Gasteiger partial charge is 0.316 e. The highest BCUT2D eigenvalue weighted by molar-refractivity contribution is 7.99. The van der Waals surface area contributed by atoms with Gasteiger partial charge in [0.2, 0.25) is 0 Å². The van der Waals surface area contributed by atoms with Gasteiger partial charge in [-0.25, -0.2) is 4.98 Å². The number of hydrogen-bond donors (Lipinski definition) is 0. The molecule has 0 radical (unpaired) electrons. The average molecular weight is 238 g/mol. The van der Waals surface area contributed by atoms with Crippen LogP contribution in [-0.2, 0) is 9.53 Å². The second-order valence-corrected chi connectivity index (χ2v) is 3.83. The first-order valence-electron chi connectivity index (χ1n) is 4.79. The third-order valence-electron chi connectivity index (χ3n) is 1.76. The first-order valence-corrected chi connectivity index (χ1v) is 5.78. The molecule has 5 nitrogen and oxygen atoms in total. The number of rotatable bonds is 4. The van der Waals surface area contributed by atoms with Crippen LogP contribution < -0.4 is 0 Å². The molecule has 0 atom stereocenters. The summed E-state index contributed by atoms with van der Waals surface area (Å²) in [5.41, 5.74) is 1.17. The van der Waals surface area contributed by atoms with E-state index in [1.807, 2.05) is 0 Å². The highest BCUT2D eigenvalue weighted by atomic mass is 32.2. The maximum atomic E-state index is 11.1. The first-order chi connectivity index (χ1) is 7.79. The number of hydrogen-bond acceptors (Lipinski definition) is 6. The number of thioether (sulfide) groups is 1. The van der Waals surface area contributed by atoms with Crippen LogP contribution in [0.3, 0.4) is 0 Å². The lowest BCUT2D eigenvalue weighted by molar-refractivity contribution is -0.139. The molecule has 2 rings (SSSR count). The molecule has 0 saturated heterocycles. The number of carbonyl (C=O) groups excluding carboxylic acids is 1. The first kappa shape index (κ1) is 10.9. The molecular formula is C10H10N2O3S. The monoisotopic (exact) mass is 238 g/mol. The Morgan fingerprint density at radius 3 is 3.25 bits per heavy atom. The molecule has 6 heteroatoms. The Morgan fingerprint density at radius 2 is 2.50 bits per heavy atom. The molecule has 0 spiro atoms. The Balaban J connectivity index is 2.02. The number of oxazole rings is 1. The summed E-state index contributed by atoms with van der Waals surface area (Å²) in [6.45, 7) is 2.15. The van der Waals surface area contributed by atoms with Crippen molar-refractivity contribution in [3.05, 3.63) is 18.3 Å². The summed E-state index contributed by atoms with van der Waals surface area (Å²) in [4.78, 5) is 19.3. The lowest BCUT2D eigenvalue weighted by Gasteiger charge is -1.97. The Hall–Kier alpha value is -1.56. The summed E-state index contributed by atoms with van der Waals surface area (Å²) in [5, 5.41) is 0.432. The summed E-state index contributed by atoms with van der Waals surface area (Å²) in [6.07, 6.45) is 1.64. The van der Waals surface area contributed by atoms with Crippen molar-refractivity contribution in [1.82, 2.24) is 9.97 Å². The summed E-state index contributed by atoms with van der Waals surface area (Å²) in [6, 6.07) is 3.55. The summed E-state index contributed by atoms with van der Waals surface area (Å²) in [5.74, 6) is -0.0802. The maximum Gasteiger partial charge on any atom is 0.316 e. The van der Waals surface area contributed by atoms with Crippen molar-refractivity contribution in [1.29, 1.82) is 0 Å². The van der Waals surface area contributed by atoms with E-state index in [1.54, 1.807) is 25.3 Å². The summed E-state index contributed by atoms with van der Waals surface area (Å²) >= 11 is 1.20. The fourth-order valence-electron chi connectivity index (χ4n) is 1.13. The molecule has 0 aliphatic carbocycles. The zero-order valence-electron chi connectivity index (χ0n) is 8.67. The molecule has 0 amide bonds. The van der Waals surface area contributed by atoms with Crippen molar-refractivity contribution in [3.63, 3.8) is 0 Å². The van der Waals surface area contributed by atoms with Gasteiger partial charge < -0.3 is 9.15 Å². The van der Waals surface area contributed by atoms with Gasteiger partial charge in [0.15, 0.2) is 11.2 Å². The van der Waals surface area contributed by atoms with Gasteiger partial charge in [0.25, 0.3) is 5.22 Å². The van der Waals surface area contributed by atoms with Crippen molar-refractivity contribution >= 4 is 29.0 Å². The van der Waals surface area contributed by atoms with Crippen molar-refractivity contribution < 1.29 is 13.9 Å². The highest BCUT2D eigenvalue weighted by Crippen LogP contribution is 2.21. The van der Waals surface area contributed by atoms with Crippen LogP contribution in [0.25, 0.3) is 11.2 Å². The van der Waals surface area contributed by atoms with E-state index >= 15 is 0 Å². The molecule has 2 aromatic rings.